The van der Waals surface area contributed by atoms with Crippen molar-refractivity contribution >= 4 is 10.2 Å². The number of hydrogen-bond donors (Lipinski definition) is 1. The van der Waals surface area contributed by atoms with Crippen LogP contribution in [0.5, 0.6) is 0 Å². The van der Waals surface area contributed by atoms with Gasteiger partial charge in [-0.2, -0.15) is 17.0 Å². The van der Waals surface area contributed by atoms with E-state index in [0.717, 1.165) is 25.7 Å². The van der Waals surface area contributed by atoms with Crippen molar-refractivity contribution in [2.75, 3.05) is 14.1 Å². The van der Waals surface area contributed by atoms with Gasteiger partial charge in [0.25, 0.3) is 10.2 Å². The highest BCUT2D eigenvalue weighted by atomic mass is 32.2. The Balaban J connectivity index is 2.03. The molecular formula is C12H22N4O2S. The number of rotatable bonds is 5. The van der Waals surface area contributed by atoms with E-state index in [9.17, 15) is 8.42 Å². The first-order valence-corrected chi connectivity index (χ1v) is 8.09. The number of H-pyrrole nitrogens is 1. The molecule has 108 valence electrons. The quantitative estimate of drug-likeness (QED) is 0.888. The minimum Gasteiger partial charge on any atom is -0.347 e. The van der Waals surface area contributed by atoms with Gasteiger partial charge in [-0.25, -0.2) is 4.98 Å². The number of nitrogens with one attached hydrogen (secondary N) is 1. The third-order valence-electron chi connectivity index (χ3n) is 3.77. The Bertz CT molecular complexity index is 480. The van der Waals surface area contributed by atoms with E-state index in [4.69, 9.17) is 0 Å². The van der Waals surface area contributed by atoms with Gasteiger partial charge in [0.1, 0.15) is 5.82 Å². The van der Waals surface area contributed by atoms with Gasteiger partial charge in [0.2, 0.25) is 0 Å². The van der Waals surface area contributed by atoms with Gasteiger partial charge in [-0.05, 0) is 12.8 Å². The minimum atomic E-state index is -3.41. The molecule has 0 amide bonds. The van der Waals surface area contributed by atoms with Crippen molar-refractivity contribution in [1.29, 1.82) is 0 Å². The lowest BCUT2D eigenvalue weighted by Crippen LogP contribution is -2.45. The molecule has 19 heavy (non-hydrogen) atoms. The largest absolute Gasteiger partial charge is 0.347 e. The minimum absolute atomic E-state index is 0.137. The second kappa shape index (κ2) is 6.02. The average Bonchev–Trinajstić information content (AvgIpc) is 2.91. The second-order valence-corrected chi connectivity index (χ2v) is 7.20. The lowest BCUT2D eigenvalue weighted by atomic mass is 9.96. The fourth-order valence-corrected chi connectivity index (χ4v) is 3.84. The van der Waals surface area contributed by atoms with Crippen molar-refractivity contribution in [3.05, 3.63) is 18.2 Å². The monoisotopic (exact) mass is 286 g/mol. The maximum absolute atomic E-state index is 12.5. The van der Waals surface area contributed by atoms with Crippen LogP contribution in [0.15, 0.2) is 12.4 Å². The Hall–Kier alpha value is -0.920. The van der Waals surface area contributed by atoms with E-state index in [1.165, 1.54) is 15.0 Å². The molecule has 0 bridgehead atoms. The summed E-state index contributed by atoms with van der Waals surface area (Å²) in [5.74, 6) is 0.656. The SMILES string of the molecule is CN(Cc1ncc[nH]1)S(=O)(=O)N(C)C1CCCCC1. The van der Waals surface area contributed by atoms with Crippen LogP contribution >= 0.6 is 0 Å². The Morgan fingerprint density at radius 3 is 2.58 bits per heavy atom. The Morgan fingerprint density at radius 2 is 2.00 bits per heavy atom. The van der Waals surface area contributed by atoms with Crippen LogP contribution in [0.2, 0.25) is 0 Å². The first kappa shape index (κ1) is 14.5. The fraction of sp³-hybridized carbons (Fsp3) is 0.750. The van der Waals surface area contributed by atoms with Gasteiger partial charge in [0.05, 0.1) is 6.54 Å². The van der Waals surface area contributed by atoms with Crippen LogP contribution in [-0.4, -0.2) is 47.1 Å². The van der Waals surface area contributed by atoms with Crippen LogP contribution in [0.4, 0.5) is 0 Å². The standard InChI is InChI=1S/C12H22N4O2S/c1-15(10-12-13-8-9-14-12)19(17,18)16(2)11-6-4-3-5-7-11/h8-9,11H,3-7,10H2,1-2H3,(H,13,14). The third-order valence-corrected chi connectivity index (χ3v) is 5.72. The van der Waals surface area contributed by atoms with E-state index in [1.54, 1.807) is 26.5 Å². The summed E-state index contributed by atoms with van der Waals surface area (Å²) in [5.41, 5.74) is 0. The van der Waals surface area contributed by atoms with E-state index in [-0.39, 0.29) is 12.6 Å². The molecule has 1 heterocycles. The molecule has 1 fully saturated rings. The van der Waals surface area contributed by atoms with Crippen molar-refractivity contribution in [2.45, 2.75) is 44.7 Å². The molecule has 1 saturated carbocycles. The molecule has 0 radical (unpaired) electrons. The topological polar surface area (TPSA) is 69.3 Å². The summed E-state index contributed by atoms with van der Waals surface area (Å²) in [5, 5.41) is 0. The molecule has 1 aromatic heterocycles. The molecule has 0 spiro atoms. The molecule has 0 unspecified atom stereocenters. The molecule has 1 aliphatic carbocycles. The van der Waals surface area contributed by atoms with Crippen LogP contribution in [0, 0.1) is 0 Å². The molecule has 7 heteroatoms. The Kier molecular flexibility index (Phi) is 4.59. The highest BCUT2D eigenvalue weighted by Crippen LogP contribution is 2.24. The molecule has 2 rings (SSSR count). The van der Waals surface area contributed by atoms with Gasteiger partial charge < -0.3 is 4.98 Å². The van der Waals surface area contributed by atoms with Crippen molar-refractivity contribution in [1.82, 2.24) is 18.6 Å². The number of nitrogens with zero attached hydrogens (tertiary/aromatic N) is 3. The molecule has 1 aromatic rings. The van der Waals surface area contributed by atoms with Gasteiger partial charge in [0.15, 0.2) is 0 Å². The van der Waals surface area contributed by atoms with Gasteiger partial charge >= 0.3 is 0 Å². The van der Waals surface area contributed by atoms with Crippen LogP contribution in [0.25, 0.3) is 0 Å². The lowest BCUT2D eigenvalue weighted by Gasteiger charge is -2.32. The molecule has 0 saturated heterocycles. The zero-order valence-electron chi connectivity index (χ0n) is 11.5. The third kappa shape index (κ3) is 3.34. The Morgan fingerprint density at radius 1 is 1.32 bits per heavy atom. The maximum Gasteiger partial charge on any atom is 0.282 e. The normalized spacial score (nSPS) is 18.3. The van der Waals surface area contributed by atoms with E-state index >= 15 is 0 Å². The van der Waals surface area contributed by atoms with E-state index < -0.39 is 10.2 Å². The molecule has 6 nitrogen and oxygen atoms in total. The first-order chi connectivity index (χ1) is 9.01. The smallest absolute Gasteiger partial charge is 0.282 e. The van der Waals surface area contributed by atoms with E-state index in [0.29, 0.717) is 5.82 Å². The predicted molar refractivity (Wildman–Crippen MR) is 73.6 cm³/mol. The summed E-state index contributed by atoms with van der Waals surface area (Å²) in [6.45, 7) is 0.270. The maximum atomic E-state index is 12.5. The summed E-state index contributed by atoms with van der Waals surface area (Å²) in [4.78, 5) is 6.98. The number of hydrogen-bond acceptors (Lipinski definition) is 3. The van der Waals surface area contributed by atoms with Crippen LogP contribution in [0.3, 0.4) is 0 Å². The Labute approximate surface area is 115 Å². The van der Waals surface area contributed by atoms with Crippen LogP contribution in [-0.2, 0) is 16.8 Å². The van der Waals surface area contributed by atoms with Crippen molar-refractivity contribution < 1.29 is 8.42 Å². The van der Waals surface area contributed by atoms with E-state index in [2.05, 4.69) is 9.97 Å². The summed E-state index contributed by atoms with van der Waals surface area (Å²) in [7, 11) is -0.129. The zero-order chi connectivity index (χ0) is 13.9. The second-order valence-electron chi connectivity index (χ2n) is 5.11. The van der Waals surface area contributed by atoms with Gasteiger partial charge in [-0.1, -0.05) is 19.3 Å². The van der Waals surface area contributed by atoms with Crippen LogP contribution < -0.4 is 0 Å². The summed E-state index contributed by atoms with van der Waals surface area (Å²) < 4.78 is 27.8. The molecule has 0 aliphatic heterocycles. The van der Waals surface area contributed by atoms with E-state index in [1.807, 2.05) is 0 Å². The number of aromatic nitrogens is 2. The van der Waals surface area contributed by atoms with Gasteiger partial charge in [-0.3, -0.25) is 0 Å². The first-order valence-electron chi connectivity index (χ1n) is 6.69. The van der Waals surface area contributed by atoms with Gasteiger partial charge in [0, 0.05) is 32.5 Å². The summed E-state index contributed by atoms with van der Waals surface area (Å²) in [6, 6.07) is 0.137. The van der Waals surface area contributed by atoms with Crippen molar-refractivity contribution in [3.8, 4) is 0 Å². The average molecular weight is 286 g/mol. The number of aromatic amines is 1. The summed E-state index contributed by atoms with van der Waals surface area (Å²) in [6.07, 6.45) is 8.70. The molecule has 0 aromatic carbocycles. The van der Waals surface area contributed by atoms with Crippen molar-refractivity contribution in [2.24, 2.45) is 0 Å². The summed E-state index contributed by atoms with van der Waals surface area (Å²) >= 11 is 0. The van der Waals surface area contributed by atoms with Gasteiger partial charge in [-0.15, -0.1) is 0 Å². The van der Waals surface area contributed by atoms with Crippen LogP contribution in [0.1, 0.15) is 37.9 Å². The fourth-order valence-electron chi connectivity index (χ4n) is 2.53. The highest BCUT2D eigenvalue weighted by Gasteiger charge is 2.30. The predicted octanol–water partition coefficient (Wildman–Crippen LogP) is 1.35. The lowest BCUT2D eigenvalue weighted by molar-refractivity contribution is 0.267. The molecule has 1 N–H and O–H groups in total. The molecule has 0 atom stereocenters. The molecule has 1 aliphatic rings. The number of imidazole rings is 1. The zero-order valence-corrected chi connectivity index (χ0v) is 12.4. The highest BCUT2D eigenvalue weighted by molar-refractivity contribution is 7.86. The van der Waals surface area contributed by atoms with Crippen molar-refractivity contribution in [3.63, 3.8) is 0 Å². The molecular weight excluding hydrogens is 264 g/mol.